The van der Waals surface area contributed by atoms with Crippen LogP contribution in [0.15, 0.2) is 18.6 Å². The molecule has 19 heavy (non-hydrogen) atoms. The summed E-state index contributed by atoms with van der Waals surface area (Å²) in [7, 11) is 5.96. The normalized spacial score (nSPS) is 13.2. The Bertz CT molecular complexity index is 541. The van der Waals surface area contributed by atoms with Gasteiger partial charge in [0.2, 0.25) is 0 Å². The van der Waals surface area contributed by atoms with Crippen molar-refractivity contribution in [1.82, 2.24) is 24.5 Å². The Kier molecular flexibility index (Phi) is 4.01. The second-order valence-corrected chi connectivity index (χ2v) is 5.00. The largest absolute Gasteiger partial charge is 0.329 e. The highest BCUT2D eigenvalue weighted by molar-refractivity contribution is 5.21. The summed E-state index contributed by atoms with van der Waals surface area (Å²) in [5, 5.41) is 8.49. The van der Waals surface area contributed by atoms with Gasteiger partial charge in [-0.15, -0.1) is 0 Å². The first kappa shape index (κ1) is 13.8. The van der Waals surface area contributed by atoms with Gasteiger partial charge in [0.25, 0.3) is 0 Å². The van der Waals surface area contributed by atoms with E-state index in [2.05, 4.69) is 29.1 Å². The maximum absolute atomic E-state index is 5.94. The van der Waals surface area contributed by atoms with Gasteiger partial charge in [-0.3, -0.25) is 14.3 Å². The molecule has 0 amide bonds. The number of hydrogen-bond acceptors (Lipinski definition) is 4. The standard InChI is InChI=1S/C13H22N6/c1-10-12(7-16-19(10)4)13(5-14)17(2)8-11-6-15-18(3)9-11/h6-7,9,13H,5,8,14H2,1-4H3. The SMILES string of the molecule is Cc1c(C(CN)N(C)Cc2cnn(C)c2)cnn1C. The van der Waals surface area contributed by atoms with E-state index >= 15 is 0 Å². The maximum atomic E-state index is 5.94. The van der Waals surface area contributed by atoms with Crippen molar-refractivity contribution in [1.29, 1.82) is 0 Å². The quantitative estimate of drug-likeness (QED) is 0.856. The van der Waals surface area contributed by atoms with E-state index in [1.807, 2.05) is 42.0 Å². The lowest BCUT2D eigenvalue weighted by Gasteiger charge is -2.26. The topological polar surface area (TPSA) is 64.9 Å². The molecule has 6 nitrogen and oxygen atoms in total. The van der Waals surface area contributed by atoms with Crippen molar-refractivity contribution >= 4 is 0 Å². The van der Waals surface area contributed by atoms with E-state index in [0.29, 0.717) is 6.54 Å². The molecule has 2 aromatic heterocycles. The van der Waals surface area contributed by atoms with Crippen LogP contribution in [0.5, 0.6) is 0 Å². The first-order valence-electron chi connectivity index (χ1n) is 6.39. The Morgan fingerprint density at radius 3 is 2.53 bits per heavy atom. The molecule has 6 heteroatoms. The lowest BCUT2D eigenvalue weighted by atomic mass is 10.1. The van der Waals surface area contributed by atoms with Crippen molar-refractivity contribution < 1.29 is 0 Å². The lowest BCUT2D eigenvalue weighted by Crippen LogP contribution is -2.30. The molecule has 1 atom stereocenters. The molecule has 0 saturated carbocycles. The average Bonchev–Trinajstić information content (AvgIpc) is 2.91. The highest BCUT2D eigenvalue weighted by Crippen LogP contribution is 2.22. The number of nitrogens with zero attached hydrogens (tertiary/aromatic N) is 5. The Morgan fingerprint density at radius 1 is 1.32 bits per heavy atom. The summed E-state index contributed by atoms with van der Waals surface area (Å²) < 4.78 is 3.70. The predicted molar refractivity (Wildman–Crippen MR) is 74.4 cm³/mol. The molecule has 0 fully saturated rings. The van der Waals surface area contributed by atoms with Gasteiger partial charge in [0.1, 0.15) is 0 Å². The second-order valence-electron chi connectivity index (χ2n) is 5.00. The van der Waals surface area contributed by atoms with E-state index in [1.54, 1.807) is 0 Å². The van der Waals surface area contributed by atoms with Crippen LogP contribution in [0.3, 0.4) is 0 Å². The van der Waals surface area contributed by atoms with Crippen molar-refractivity contribution in [3.05, 3.63) is 35.4 Å². The van der Waals surface area contributed by atoms with Crippen LogP contribution in [0.1, 0.15) is 22.9 Å². The van der Waals surface area contributed by atoms with Crippen molar-refractivity contribution in [2.45, 2.75) is 19.5 Å². The van der Waals surface area contributed by atoms with Gasteiger partial charge in [-0.05, 0) is 14.0 Å². The fraction of sp³-hybridized carbons (Fsp3) is 0.538. The molecule has 104 valence electrons. The predicted octanol–water partition coefficient (Wildman–Crippen LogP) is 0.594. The molecule has 0 aliphatic rings. The number of likely N-dealkylation sites (N-methyl/N-ethyl adjacent to an activating group) is 1. The van der Waals surface area contributed by atoms with Crippen molar-refractivity contribution in [2.75, 3.05) is 13.6 Å². The molecule has 1 unspecified atom stereocenters. The zero-order chi connectivity index (χ0) is 14.0. The Labute approximate surface area is 113 Å². The average molecular weight is 262 g/mol. The fourth-order valence-corrected chi connectivity index (χ4v) is 2.34. The minimum atomic E-state index is 0.175. The number of aromatic nitrogens is 4. The molecular weight excluding hydrogens is 240 g/mol. The molecule has 0 bridgehead atoms. The number of nitrogens with two attached hydrogens (primary N) is 1. The first-order valence-corrected chi connectivity index (χ1v) is 6.39. The van der Waals surface area contributed by atoms with Gasteiger partial charge in [-0.1, -0.05) is 0 Å². The van der Waals surface area contributed by atoms with Crippen molar-refractivity contribution in [2.24, 2.45) is 19.8 Å². The fourth-order valence-electron chi connectivity index (χ4n) is 2.34. The molecule has 0 saturated heterocycles. The zero-order valence-electron chi connectivity index (χ0n) is 12.0. The Hall–Kier alpha value is -1.66. The number of rotatable bonds is 5. The van der Waals surface area contributed by atoms with Crippen LogP contribution in [-0.4, -0.2) is 38.1 Å². The summed E-state index contributed by atoms with van der Waals surface area (Å²) >= 11 is 0. The zero-order valence-corrected chi connectivity index (χ0v) is 12.0. The van der Waals surface area contributed by atoms with E-state index in [1.165, 1.54) is 11.1 Å². The highest BCUT2D eigenvalue weighted by atomic mass is 15.3. The van der Waals surface area contributed by atoms with Crippen LogP contribution in [0.2, 0.25) is 0 Å². The lowest BCUT2D eigenvalue weighted by molar-refractivity contribution is 0.241. The summed E-state index contributed by atoms with van der Waals surface area (Å²) in [4.78, 5) is 2.24. The highest BCUT2D eigenvalue weighted by Gasteiger charge is 2.20. The summed E-state index contributed by atoms with van der Waals surface area (Å²) in [6.45, 7) is 3.47. The third-order valence-electron chi connectivity index (χ3n) is 3.58. The summed E-state index contributed by atoms with van der Waals surface area (Å²) in [5.74, 6) is 0. The summed E-state index contributed by atoms with van der Waals surface area (Å²) in [6.07, 6.45) is 5.83. The molecule has 2 rings (SSSR count). The number of aryl methyl sites for hydroxylation is 2. The van der Waals surface area contributed by atoms with Gasteiger partial charge in [0, 0.05) is 50.2 Å². The minimum Gasteiger partial charge on any atom is -0.329 e. The molecular formula is C13H22N6. The molecule has 2 aromatic rings. The van der Waals surface area contributed by atoms with Crippen LogP contribution in [0, 0.1) is 6.92 Å². The van der Waals surface area contributed by atoms with Crippen LogP contribution < -0.4 is 5.73 Å². The van der Waals surface area contributed by atoms with E-state index in [-0.39, 0.29) is 6.04 Å². The second kappa shape index (κ2) is 5.54. The first-order chi connectivity index (χ1) is 9.02. The molecule has 0 spiro atoms. The van der Waals surface area contributed by atoms with Crippen LogP contribution >= 0.6 is 0 Å². The van der Waals surface area contributed by atoms with E-state index in [9.17, 15) is 0 Å². The Morgan fingerprint density at radius 2 is 2.05 bits per heavy atom. The van der Waals surface area contributed by atoms with Crippen molar-refractivity contribution in [3.8, 4) is 0 Å². The summed E-state index contributed by atoms with van der Waals surface area (Å²) in [5.41, 5.74) is 9.48. The Balaban J connectivity index is 2.15. The third kappa shape index (κ3) is 2.85. The number of hydrogen-bond donors (Lipinski definition) is 1. The van der Waals surface area contributed by atoms with Crippen molar-refractivity contribution in [3.63, 3.8) is 0 Å². The van der Waals surface area contributed by atoms with Gasteiger partial charge < -0.3 is 5.73 Å². The maximum Gasteiger partial charge on any atom is 0.0540 e. The van der Waals surface area contributed by atoms with Gasteiger partial charge in [0.15, 0.2) is 0 Å². The van der Waals surface area contributed by atoms with Gasteiger partial charge >= 0.3 is 0 Å². The summed E-state index contributed by atoms with van der Waals surface area (Å²) in [6, 6.07) is 0.175. The molecule has 2 heterocycles. The molecule has 0 aliphatic heterocycles. The monoisotopic (exact) mass is 262 g/mol. The minimum absolute atomic E-state index is 0.175. The van der Waals surface area contributed by atoms with Gasteiger partial charge in [0.05, 0.1) is 18.4 Å². The van der Waals surface area contributed by atoms with Crippen LogP contribution in [0.4, 0.5) is 0 Å². The molecule has 0 aliphatic carbocycles. The van der Waals surface area contributed by atoms with Crippen LogP contribution in [0.25, 0.3) is 0 Å². The smallest absolute Gasteiger partial charge is 0.0540 e. The van der Waals surface area contributed by atoms with Gasteiger partial charge in [-0.2, -0.15) is 10.2 Å². The molecule has 2 N–H and O–H groups in total. The molecule has 0 aromatic carbocycles. The van der Waals surface area contributed by atoms with Crippen LogP contribution in [-0.2, 0) is 20.6 Å². The molecule has 0 radical (unpaired) electrons. The third-order valence-corrected chi connectivity index (χ3v) is 3.58. The van der Waals surface area contributed by atoms with E-state index < -0.39 is 0 Å². The van der Waals surface area contributed by atoms with E-state index in [0.717, 1.165) is 12.2 Å². The van der Waals surface area contributed by atoms with E-state index in [4.69, 9.17) is 5.73 Å². The van der Waals surface area contributed by atoms with Gasteiger partial charge in [-0.25, -0.2) is 0 Å².